The maximum absolute atomic E-state index is 5.39. The largest absolute Gasteiger partial charge is 0.239 e. The summed E-state index contributed by atoms with van der Waals surface area (Å²) in [5.41, 5.74) is 40.9. The van der Waals surface area contributed by atoms with Crippen LogP contribution in [0, 0.1) is 27.7 Å². The van der Waals surface area contributed by atoms with Gasteiger partial charge in [0.05, 0.1) is 16.7 Å². The molecule has 3 aromatic heterocycles. The van der Waals surface area contributed by atoms with Gasteiger partial charge in [-0.2, -0.15) is 13.7 Å². The molecule has 6 heteroatoms. The van der Waals surface area contributed by atoms with Crippen molar-refractivity contribution in [3.05, 3.63) is 459 Å². The quantitative estimate of drug-likeness (QED) is 0.0906. The van der Waals surface area contributed by atoms with Gasteiger partial charge in [-0.3, -0.25) is 0 Å². The lowest BCUT2D eigenvalue weighted by atomic mass is 9.89. The van der Waals surface area contributed by atoms with Crippen LogP contribution in [-0.2, 0) is 21.1 Å². The third-order valence-corrected chi connectivity index (χ3v) is 22.9. The Labute approximate surface area is 711 Å². The highest BCUT2D eigenvalue weighted by atomic mass is 15.0. The Bertz CT molecular complexity index is 6790. The molecule has 0 saturated carbocycles. The summed E-state index contributed by atoms with van der Waals surface area (Å²) >= 11 is 0. The third kappa shape index (κ3) is 17.2. The average Bonchev–Trinajstić information content (AvgIpc) is 0.780. The van der Waals surface area contributed by atoms with E-state index in [0.29, 0.717) is 0 Å². The fraction of sp³-hybridized carbons (Fsp3) is 0.0609. The van der Waals surface area contributed by atoms with E-state index in [2.05, 4.69) is 481 Å². The number of hydrogen-bond donors (Lipinski definition) is 0. The van der Waals surface area contributed by atoms with Crippen molar-refractivity contribution in [3.8, 4) is 179 Å². The van der Waals surface area contributed by atoms with Crippen LogP contribution in [-0.4, -0.2) is 15.0 Å². The van der Waals surface area contributed by atoms with Crippen molar-refractivity contribution in [2.45, 2.75) is 27.7 Å². The van der Waals surface area contributed by atoms with Gasteiger partial charge in [0.25, 0.3) is 0 Å². The fourth-order valence-electron chi connectivity index (χ4n) is 16.5. The zero-order valence-electron chi connectivity index (χ0n) is 69.3. The molecule has 580 valence electrons. The maximum atomic E-state index is 5.39. The van der Waals surface area contributed by atoms with Gasteiger partial charge in [-0.05, 0) is 127 Å². The summed E-state index contributed by atoms with van der Waals surface area (Å²) in [6, 6.07) is 150. The van der Waals surface area contributed by atoms with Crippen LogP contribution in [0.1, 0.15) is 22.4 Å². The molecule has 0 aliphatic heterocycles. The second kappa shape index (κ2) is 36.1. The molecule has 0 fully saturated rings. The Morgan fingerprint density at radius 2 is 0.463 bits per heavy atom. The number of aromatic nitrogens is 6. The molecular formula is C115H93N6+3. The molecule has 0 saturated heterocycles. The van der Waals surface area contributed by atoms with Gasteiger partial charge in [0.1, 0.15) is 55.3 Å². The fourth-order valence-corrected chi connectivity index (χ4v) is 16.5. The summed E-state index contributed by atoms with van der Waals surface area (Å²) < 4.78 is 6.79. The molecule has 6 nitrogen and oxygen atoms in total. The van der Waals surface area contributed by atoms with Crippen molar-refractivity contribution < 1.29 is 13.7 Å². The molecule has 16 aromatic carbocycles. The highest BCUT2D eigenvalue weighted by Gasteiger charge is 2.31. The first-order valence-electron chi connectivity index (χ1n) is 41.4. The van der Waals surface area contributed by atoms with E-state index in [1.54, 1.807) is 0 Å². The van der Waals surface area contributed by atoms with Gasteiger partial charge >= 0.3 is 0 Å². The van der Waals surface area contributed by atoms with E-state index in [0.717, 1.165) is 90.3 Å². The molecule has 19 rings (SSSR count). The zero-order valence-corrected chi connectivity index (χ0v) is 69.3. The Morgan fingerprint density at radius 1 is 0.182 bits per heavy atom. The number of nitrogens with zero attached hydrogens (tertiary/aromatic N) is 6. The number of hydrogen-bond acceptors (Lipinski definition) is 3. The van der Waals surface area contributed by atoms with Crippen molar-refractivity contribution in [2.24, 2.45) is 21.1 Å². The van der Waals surface area contributed by atoms with Gasteiger partial charge in [0.15, 0.2) is 12.4 Å². The predicted molar refractivity (Wildman–Crippen MR) is 502 cm³/mol. The summed E-state index contributed by atoms with van der Waals surface area (Å²) in [5, 5.41) is 0. The zero-order chi connectivity index (χ0) is 82.5. The molecule has 0 amide bonds. The molecule has 0 atom stereocenters. The van der Waals surface area contributed by atoms with E-state index in [4.69, 9.17) is 15.0 Å². The molecule has 3 heterocycles. The minimum absolute atomic E-state index is 0.941. The second-order valence-electron chi connectivity index (χ2n) is 30.8. The summed E-state index contributed by atoms with van der Waals surface area (Å²) in [6.07, 6.45) is 4.31. The molecule has 121 heavy (non-hydrogen) atoms. The van der Waals surface area contributed by atoms with Crippen molar-refractivity contribution in [1.82, 2.24) is 15.0 Å². The summed E-state index contributed by atoms with van der Waals surface area (Å²) in [5.74, 6) is 0. The van der Waals surface area contributed by atoms with Gasteiger partial charge in [-0.25, -0.2) is 15.0 Å². The summed E-state index contributed by atoms with van der Waals surface area (Å²) in [6.45, 7) is 8.75. The summed E-state index contributed by atoms with van der Waals surface area (Å²) in [7, 11) is 6.43. The van der Waals surface area contributed by atoms with Crippen molar-refractivity contribution in [2.75, 3.05) is 0 Å². The van der Waals surface area contributed by atoms with Crippen LogP contribution in [0.4, 0.5) is 0 Å². The van der Waals surface area contributed by atoms with Gasteiger partial charge < -0.3 is 0 Å². The smallest absolute Gasteiger partial charge is 0.234 e. The van der Waals surface area contributed by atoms with Crippen LogP contribution in [0.25, 0.3) is 179 Å². The SMILES string of the molecule is Cc1cc(-c2ccccc2)ccc1-c1c(-c2ccc(-c3ccccc3)cc2)nc(-c2ccc(-c3ccccc3)cc2)c[n+]1C.Cc1cc(-c2ccccc2)ccc1-c1c(-c2ccc(-c3ccccc3)cc2)nc(-c2ccccc2)c(C)[n+]1C.Cc1cccc(-c2ccccc2)c1-c1c(-c2ccccc2-c2ccccc2)nc(-c2ccccc2)c[n+]1C. The van der Waals surface area contributed by atoms with Crippen LogP contribution in [0.3, 0.4) is 0 Å². The van der Waals surface area contributed by atoms with Crippen LogP contribution < -0.4 is 13.7 Å². The van der Waals surface area contributed by atoms with Crippen molar-refractivity contribution in [3.63, 3.8) is 0 Å². The van der Waals surface area contributed by atoms with E-state index in [1.165, 1.54) is 111 Å². The van der Waals surface area contributed by atoms with Crippen molar-refractivity contribution >= 4 is 0 Å². The molecule has 0 aliphatic rings. The van der Waals surface area contributed by atoms with Crippen LogP contribution in [0.5, 0.6) is 0 Å². The van der Waals surface area contributed by atoms with Gasteiger partial charge in [0, 0.05) is 40.3 Å². The highest BCUT2D eigenvalue weighted by molar-refractivity contribution is 5.94. The Kier molecular flexibility index (Phi) is 23.4. The average molecular weight is 1560 g/mol. The lowest BCUT2D eigenvalue weighted by Gasteiger charge is -2.17. The topological polar surface area (TPSA) is 50.3 Å². The van der Waals surface area contributed by atoms with Crippen LogP contribution in [0.15, 0.2) is 437 Å². The minimum atomic E-state index is 0.941. The lowest BCUT2D eigenvalue weighted by molar-refractivity contribution is -0.666. The van der Waals surface area contributed by atoms with E-state index < -0.39 is 0 Å². The standard InChI is InChI=1S/C42H33N2.C37H31N2.C36H29N2/c1-30-28-38(33-16-10-5-11-17-33)26-27-39(30)42-41(37-24-20-35(21-25-37)32-14-8-4-9-15-32)43-40(29-44(42)2)36-22-18-34(19-23-36)31-12-6-3-7-13-31;1-26-25-33(29-15-9-5-10-16-29)23-24-34(26)37-36(32-21-19-30(20-22-32)28-13-7-4-8-14-28)38-35(27(2)39(37)3)31-17-11-6-12-18-31;1-26-15-14-24-31(28-18-8-4-9-19-28)34(26)36-35(37-33(25-38(36)2)29-20-10-5-11-21-29)32-23-13-12-22-30(32)27-16-6-3-7-17-27/h3-29H,1-2H3;4-25H,1-3H3;3-25H,1-2H3/q3*+1. The van der Waals surface area contributed by atoms with E-state index >= 15 is 0 Å². The monoisotopic (exact) mass is 1560 g/mol. The van der Waals surface area contributed by atoms with Gasteiger partial charge in [-0.15, -0.1) is 0 Å². The highest BCUT2D eigenvalue weighted by Crippen LogP contribution is 2.43. The Morgan fingerprint density at radius 3 is 0.884 bits per heavy atom. The first-order valence-corrected chi connectivity index (χ1v) is 41.4. The van der Waals surface area contributed by atoms with Crippen LogP contribution in [0.2, 0.25) is 0 Å². The number of benzene rings is 16. The van der Waals surface area contributed by atoms with E-state index in [9.17, 15) is 0 Å². The van der Waals surface area contributed by atoms with Gasteiger partial charge in [0.2, 0.25) is 22.8 Å². The number of rotatable bonds is 16. The maximum Gasteiger partial charge on any atom is 0.239 e. The third-order valence-electron chi connectivity index (χ3n) is 22.9. The van der Waals surface area contributed by atoms with E-state index in [-0.39, 0.29) is 0 Å². The first kappa shape index (κ1) is 78.3. The normalized spacial score (nSPS) is 10.9. The molecule has 0 bridgehead atoms. The molecule has 0 unspecified atom stereocenters. The first-order chi connectivity index (χ1) is 59.4. The molecule has 19 aromatic rings. The minimum Gasteiger partial charge on any atom is -0.234 e. The Balaban J connectivity index is 0.000000130. The summed E-state index contributed by atoms with van der Waals surface area (Å²) in [4.78, 5) is 16.1. The van der Waals surface area contributed by atoms with Gasteiger partial charge in [-0.1, -0.05) is 413 Å². The molecular weight excluding hydrogens is 1470 g/mol. The molecule has 0 spiro atoms. The predicted octanol–water partition coefficient (Wildman–Crippen LogP) is 27.6. The number of aryl methyl sites for hydroxylation is 5. The molecule has 0 radical (unpaired) electrons. The van der Waals surface area contributed by atoms with Crippen molar-refractivity contribution in [1.29, 1.82) is 0 Å². The molecule has 0 N–H and O–H groups in total. The molecule has 0 aliphatic carbocycles. The van der Waals surface area contributed by atoms with E-state index in [1.807, 2.05) is 18.2 Å². The lowest BCUT2D eigenvalue weighted by Crippen LogP contribution is -2.37. The second-order valence-corrected chi connectivity index (χ2v) is 30.8. The Hall–Kier alpha value is -15.2. The van der Waals surface area contributed by atoms with Crippen LogP contribution >= 0.6 is 0 Å².